The lowest BCUT2D eigenvalue weighted by Crippen LogP contribution is -2.04. The second-order valence-corrected chi connectivity index (χ2v) is 4.10. The number of anilines is 1. The summed E-state index contributed by atoms with van der Waals surface area (Å²) >= 11 is 1.36. The summed E-state index contributed by atoms with van der Waals surface area (Å²) in [5.74, 6) is 1.32. The number of fused-ring (bicyclic) bond motifs is 1. The highest BCUT2D eigenvalue weighted by Gasteiger charge is 2.10. The third-order valence-corrected chi connectivity index (χ3v) is 3.09. The van der Waals surface area contributed by atoms with E-state index in [1.54, 1.807) is 0 Å². The molecule has 0 aliphatic carbocycles. The molecule has 2 N–H and O–H groups in total. The maximum atomic E-state index is 4.25. The quantitative estimate of drug-likeness (QED) is 0.696. The van der Waals surface area contributed by atoms with E-state index < -0.39 is 0 Å². The predicted molar refractivity (Wildman–Crippen MR) is 61.5 cm³/mol. The van der Waals surface area contributed by atoms with Crippen LogP contribution in [0.25, 0.3) is 10.2 Å². The number of tetrazole rings is 1. The van der Waals surface area contributed by atoms with Gasteiger partial charge in [0.1, 0.15) is 17.0 Å². The van der Waals surface area contributed by atoms with Crippen LogP contribution >= 0.6 is 11.5 Å². The van der Waals surface area contributed by atoms with E-state index in [1.807, 2.05) is 6.92 Å². The first kappa shape index (κ1) is 10.0. The summed E-state index contributed by atoms with van der Waals surface area (Å²) < 4.78 is 4.25. The van der Waals surface area contributed by atoms with E-state index in [0.717, 1.165) is 21.7 Å². The topological polar surface area (TPSA) is 105 Å². The van der Waals surface area contributed by atoms with E-state index in [0.29, 0.717) is 12.4 Å². The normalized spacial score (nSPS) is 10.9. The summed E-state index contributed by atoms with van der Waals surface area (Å²) in [5.41, 5.74) is 0.918. The fourth-order valence-corrected chi connectivity index (χ4v) is 2.22. The van der Waals surface area contributed by atoms with E-state index in [4.69, 9.17) is 0 Å². The van der Waals surface area contributed by atoms with Crippen molar-refractivity contribution < 1.29 is 0 Å². The Bertz CT molecular complexity index is 630. The molecule has 86 valence electrons. The van der Waals surface area contributed by atoms with Gasteiger partial charge < -0.3 is 5.32 Å². The molecule has 8 nitrogen and oxygen atoms in total. The second-order valence-electron chi connectivity index (χ2n) is 3.35. The molecule has 0 radical (unpaired) electrons. The minimum absolute atomic E-state index is 0.456. The highest BCUT2D eigenvalue weighted by Crippen LogP contribution is 2.25. The van der Waals surface area contributed by atoms with Gasteiger partial charge in [0, 0.05) is 0 Å². The molecule has 0 spiro atoms. The molecule has 3 aromatic rings. The second kappa shape index (κ2) is 4.01. The van der Waals surface area contributed by atoms with E-state index in [9.17, 15) is 0 Å². The monoisotopic (exact) mass is 248 g/mol. The number of aromatic nitrogens is 7. The summed E-state index contributed by atoms with van der Waals surface area (Å²) in [4.78, 5) is 9.23. The third kappa shape index (κ3) is 1.80. The fraction of sp³-hybridized carbons (Fsp3) is 0.250. The van der Waals surface area contributed by atoms with Gasteiger partial charge in [0.05, 0.1) is 17.6 Å². The lowest BCUT2D eigenvalue weighted by molar-refractivity contribution is 0.881. The summed E-state index contributed by atoms with van der Waals surface area (Å²) in [6.07, 6.45) is 1.51. The van der Waals surface area contributed by atoms with Crippen LogP contribution < -0.4 is 5.32 Å². The molecule has 0 saturated carbocycles. The fourth-order valence-electron chi connectivity index (χ4n) is 1.48. The van der Waals surface area contributed by atoms with Crippen LogP contribution in [0.5, 0.6) is 0 Å². The van der Waals surface area contributed by atoms with Crippen molar-refractivity contribution in [3.8, 4) is 0 Å². The van der Waals surface area contributed by atoms with Crippen LogP contribution in [0.2, 0.25) is 0 Å². The van der Waals surface area contributed by atoms with Crippen LogP contribution in [0.4, 0.5) is 5.82 Å². The Kier molecular flexibility index (Phi) is 2.37. The predicted octanol–water partition coefficient (Wildman–Crippen LogP) is 0.520. The molecule has 0 bridgehead atoms. The van der Waals surface area contributed by atoms with Gasteiger partial charge in [-0.1, -0.05) is 5.21 Å². The maximum Gasteiger partial charge on any atom is 0.193 e. The standard InChI is InChI=1S/C8H8N8S/c1-4-6-7(9-2-5-12-15-16-13-5)10-3-11-8(6)17-14-4/h3H,2H2,1H3,(H,9,10,11)(H,12,13,15,16). The molecule has 3 rings (SSSR count). The molecule has 0 aliphatic heterocycles. The smallest absolute Gasteiger partial charge is 0.193 e. The Labute approximate surface area is 99.7 Å². The molecule has 0 fully saturated rings. The molecule has 0 saturated heterocycles. The van der Waals surface area contributed by atoms with Gasteiger partial charge >= 0.3 is 0 Å². The van der Waals surface area contributed by atoms with Crippen LogP contribution in [0.3, 0.4) is 0 Å². The summed E-state index contributed by atoms with van der Waals surface area (Å²) in [6.45, 7) is 2.39. The number of aryl methyl sites for hydroxylation is 1. The summed E-state index contributed by atoms with van der Waals surface area (Å²) in [6, 6.07) is 0. The van der Waals surface area contributed by atoms with Crippen LogP contribution in [0.15, 0.2) is 6.33 Å². The van der Waals surface area contributed by atoms with E-state index >= 15 is 0 Å². The number of hydrogen-bond acceptors (Lipinski definition) is 8. The van der Waals surface area contributed by atoms with Crippen molar-refractivity contribution in [3.05, 3.63) is 17.8 Å². The van der Waals surface area contributed by atoms with Gasteiger partial charge in [-0.15, -0.1) is 10.2 Å². The van der Waals surface area contributed by atoms with Gasteiger partial charge in [-0.25, -0.2) is 9.97 Å². The lowest BCUT2D eigenvalue weighted by Gasteiger charge is -2.03. The average Bonchev–Trinajstić information content (AvgIpc) is 2.97. The number of hydrogen-bond donors (Lipinski definition) is 2. The first-order valence-corrected chi connectivity index (χ1v) is 5.65. The largest absolute Gasteiger partial charge is 0.362 e. The first-order valence-electron chi connectivity index (χ1n) is 4.88. The molecule has 17 heavy (non-hydrogen) atoms. The molecule has 0 aliphatic rings. The lowest BCUT2D eigenvalue weighted by atomic mass is 10.3. The van der Waals surface area contributed by atoms with Crippen LogP contribution in [-0.2, 0) is 6.54 Å². The van der Waals surface area contributed by atoms with Crippen molar-refractivity contribution >= 4 is 27.6 Å². The Hall–Kier alpha value is -2.16. The Morgan fingerprint density at radius 1 is 1.41 bits per heavy atom. The zero-order valence-electron chi connectivity index (χ0n) is 8.88. The number of nitrogens with one attached hydrogen (secondary N) is 2. The van der Waals surface area contributed by atoms with E-state index in [-0.39, 0.29) is 0 Å². The minimum Gasteiger partial charge on any atom is -0.362 e. The van der Waals surface area contributed by atoms with Gasteiger partial charge in [-0.05, 0) is 18.5 Å². The Morgan fingerprint density at radius 2 is 2.35 bits per heavy atom. The highest BCUT2D eigenvalue weighted by molar-refractivity contribution is 7.13. The van der Waals surface area contributed by atoms with Crippen molar-refractivity contribution in [2.75, 3.05) is 5.32 Å². The molecular weight excluding hydrogens is 240 g/mol. The first-order chi connectivity index (χ1) is 8.34. The van der Waals surface area contributed by atoms with Gasteiger partial charge in [0.15, 0.2) is 5.82 Å². The average molecular weight is 248 g/mol. The summed E-state index contributed by atoms with van der Waals surface area (Å²) in [7, 11) is 0. The zero-order valence-corrected chi connectivity index (χ0v) is 9.69. The van der Waals surface area contributed by atoms with Crippen LogP contribution in [-0.4, -0.2) is 35.0 Å². The van der Waals surface area contributed by atoms with Gasteiger partial charge in [0.2, 0.25) is 0 Å². The number of nitrogens with zero attached hydrogens (tertiary/aromatic N) is 6. The molecule has 0 unspecified atom stereocenters. The molecule has 0 aromatic carbocycles. The van der Waals surface area contributed by atoms with Gasteiger partial charge in [0.25, 0.3) is 0 Å². The molecule has 9 heteroatoms. The molecule has 0 amide bonds. The van der Waals surface area contributed by atoms with E-state index in [1.165, 1.54) is 17.9 Å². The number of H-pyrrole nitrogens is 1. The van der Waals surface area contributed by atoms with Crippen molar-refractivity contribution in [2.45, 2.75) is 13.5 Å². The Morgan fingerprint density at radius 3 is 3.18 bits per heavy atom. The molecule has 0 atom stereocenters. The van der Waals surface area contributed by atoms with Crippen LogP contribution in [0, 0.1) is 6.92 Å². The van der Waals surface area contributed by atoms with E-state index in [2.05, 4.69) is 40.3 Å². The zero-order chi connectivity index (χ0) is 11.7. The molecule has 3 aromatic heterocycles. The molecular formula is C8H8N8S. The van der Waals surface area contributed by atoms with Gasteiger partial charge in [-0.3, -0.25) is 0 Å². The Balaban J connectivity index is 1.92. The number of rotatable bonds is 3. The van der Waals surface area contributed by atoms with Crippen molar-refractivity contribution in [1.29, 1.82) is 0 Å². The van der Waals surface area contributed by atoms with Crippen molar-refractivity contribution in [2.24, 2.45) is 0 Å². The van der Waals surface area contributed by atoms with Gasteiger partial charge in [-0.2, -0.15) is 9.59 Å². The maximum absolute atomic E-state index is 4.25. The minimum atomic E-state index is 0.456. The third-order valence-electron chi connectivity index (χ3n) is 2.25. The highest BCUT2D eigenvalue weighted by atomic mass is 32.1. The SMILES string of the molecule is Cc1nsc2ncnc(NCc3nn[nH]n3)c12. The van der Waals surface area contributed by atoms with Crippen molar-refractivity contribution in [1.82, 2.24) is 35.0 Å². The molecule has 3 heterocycles. The van der Waals surface area contributed by atoms with Crippen molar-refractivity contribution in [3.63, 3.8) is 0 Å². The number of aromatic amines is 1. The summed E-state index contributed by atoms with van der Waals surface area (Å²) in [5, 5.41) is 17.7. The van der Waals surface area contributed by atoms with Crippen LogP contribution in [0.1, 0.15) is 11.5 Å².